The van der Waals surface area contributed by atoms with Gasteiger partial charge in [-0.05, 0) is 24.5 Å². The molecule has 2 N–H and O–H groups in total. The van der Waals surface area contributed by atoms with E-state index in [1.807, 2.05) is 18.3 Å². The molecule has 2 rings (SSSR count). The first-order valence-electron chi connectivity index (χ1n) is 6.09. The van der Waals surface area contributed by atoms with E-state index in [1.165, 1.54) is 0 Å². The van der Waals surface area contributed by atoms with Crippen molar-refractivity contribution >= 4 is 0 Å². The Hall–Kier alpha value is -0.930. The van der Waals surface area contributed by atoms with Gasteiger partial charge in [0.1, 0.15) is 0 Å². The van der Waals surface area contributed by atoms with Gasteiger partial charge < -0.3 is 5.73 Å². The summed E-state index contributed by atoms with van der Waals surface area (Å²) in [5.74, 6) is 0.677. The second-order valence-electron chi connectivity index (χ2n) is 5.04. The molecule has 1 aromatic heterocycles. The second kappa shape index (κ2) is 4.93. The summed E-state index contributed by atoms with van der Waals surface area (Å²) in [7, 11) is 0. The molecular formula is C13H21N3. The Kier molecular flexibility index (Phi) is 3.56. The zero-order valence-electron chi connectivity index (χ0n) is 10.1. The largest absolute Gasteiger partial charge is 0.326 e. The molecule has 88 valence electrons. The van der Waals surface area contributed by atoms with Crippen molar-refractivity contribution in [3.05, 3.63) is 30.1 Å². The molecule has 3 nitrogen and oxygen atoms in total. The predicted octanol–water partition coefficient (Wildman–Crippen LogP) is 1.81. The van der Waals surface area contributed by atoms with Gasteiger partial charge in [-0.3, -0.25) is 9.88 Å². The lowest BCUT2D eigenvalue weighted by Crippen LogP contribution is -2.34. The van der Waals surface area contributed by atoms with Crippen molar-refractivity contribution in [3.8, 4) is 0 Å². The highest BCUT2D eigenvalue weighted by Gasteiger charge is 2.33. The fourth-order valence-corrected chi connectivity index (χ4v) is 2.51. The van der Waals surface area contributed by atoms with Crippen LogP contribution in [0.15, 0.2) is 24.4 Å². The highest BCUT2D eigenvalue weighted by molar-refractivity contribution is 5.13. The number of aromatic nitrogens is 1. The van der Waals surface area contributed by atoms with E-state index in [9.17, 15) is 0 Å². The average Bonchev–Trinajstić information content (AvgIpc) is 2.60. The normalized spacial score (nSPS) is 26.5. The number of likely N-dealkylation sites (tertiary alicyclic amines) is 1. The van der Waals surface area contributed by atoms with E-state index in [0.29, 0.717) is 12.0 Å². The number of nitrogens with two attached hydrogens (primary N) is 1. The van der Waals surface area contributed by atoms with Crippen molar-refractivity contribution in [2.24, 2.45) is 11.7 Å². The Bertz CT molecular complexity index is 323. The third-order valence-electron chi connectivity index (χ3n) is 3.14. The van der Waals surface area contributed by atoms with Crippen LogP contribution >= 0.6 is 0 Å². The van der Waals surface area contributed by atoms with Crippen molar-refractivity contribution in [2.45, 2.75) is 32.4 Å². The van der Waals surface area contributed by atoms with E-state index in [2.05, 4.69) is 29.8 Å². The first-order valence-corrected chi connectivity index (χ1v) is 6.09. The van der Waals surface area contributed by atoms with Crippen LogP contribution in [0, 0.1) is 5.92 Å². The Labute approximate surface area is 97.7 Å². The number of hydrogen-bond acceptors (Lipinski definition) is 3. The standard InChI is InChI=1S/C13H21N3/c1-10(2)9-16-8-6-11(14)13(16)12-5-3-4-7-15-12/h3-5,7,10-11,13H,6,8-9,14H2,1-2H3. The van der Waals surface area contributed by atoms with Gasteiger partial charge in [-0.25, -0.2) is 0 Å². The molecule has 1 aliphatic rings. The molecular weight excluding hydrogens is 198 g/mol. The van der Waals surface area contributed by atoms with Crippen LogP contribution in [0.3, 0.4) is 0 Å². The van der Waals surface area contributed by atoms with Gasteiger partial charge in [0.25, 0.3) is 0 Å². The molecule has 2 atom stereocenters. The fourth-order valence-electron chi connectivity index (χ4n) is 2.51. The lowest BCUT2D eigenvalue weighted by Gasteiger charge is -2.27. The molecule has 0 saturated carbocycles. The zero-order valence-corrected chi connectivity index (χ0v) is 10.1. The summed E-state index contributed by atoms with van der Waals surface area (Å²) in [6.45, 7) is 6.70. The van der Waals surface area contributed by atoms with Gasteiger partial charge in [0.2, 0.25) is 0 Å². The zero-order chi connectivity index (χ0) is 11.5. The maximum absolute atomic E-state index is 6.20. The Morgan fingerprint density at radius 1 is 1.50 bits per heavy atom. The smallest absolute Gasteiger partial charge is 0.0674 e. The molecule has 0 radical (unpaired) electrons. The van der Waals surface area contributed by atoms with Gasteiger partial charge in [0, 0.05) is 25.3 Å². The lowest BCUT2D eigenvalue weighted by molar-refractivity contribution is 0.217. The molecule has 0 amide bonds. The van der Waals surface area contributed by atoms with Crippen molar-refractivity contribution in [2.75, 3.05) is 13.1 Å². The van der Waals surface area contributed by atoms with E-state index in [-0.39, 0.29) is 6.04 Å². The first kappa shape index (κ1) is 11.6. The van der Waals surface area contributed by atoms with E-state index in [0.717, 1.165) is 25.2 Å². The third-order valence-corrected chi connectivity index (χ3v) is 3.14. The van der Waals surface area contributed by atoms with E-state index in [4.69, 9.17) is 5.73 Å². The van der Waals surface area contributed by atoms with Crippen LogP contribution in [0.4, 0.5) is 0 Å². The molecule has 2 heterocycles. The van der Waals surface area contributed by atoms with E-state index < -0.39 is 0 Å². The van der Waals surface area contributed by atoms with E-state index in [1.54, 1.807) is 0 Å². The third kappa shape index (κ3) is 2.42. The number of hydrogen-bond donors (Lipinski definition) is 1. The van der Waals surface area contributed by atoms with Crippen LogP contribution in [-0.4, -0.2) is 29.0 Å². The number of nitrogens with zero attached hydrogens (tertiary/aromatic N) is 2. The van der Waals surface area contributed by atoms with Crippen LogP contribution < -0.4 is 5.73 Å². The molecule has 1 fully saturated rings. The van der Waals surface area contributed by atoms with Gasteiger partial charge in [0.05, 0.1) is 11.7 Å². The molecule has 0 spiro atoms. The second-order valence-corrected chi connectivity index (χ2v) is 5.04. The van der Waals surface area contributed by atoms with Crippen molar-refractivity contribution < 1.29 is 0 Å². The first-order chi connectivity index (χ1) is 7.68. The number of rotatable bonds is 3. The van der Waals surface area contributed by atoms with Crippen LogP contribution in [0.5, 0.6) is 0 Å². The molecule has 0 aromatic carbocycles. The van der Waals surface area contributed by atoms with Crippen molar-refractivity contribution in [1.29, 1.82) is 0 Å². The Morgan fingerprint density at radius 2 is 2.31 bits per heavy atom. The lowest BCUT2D eigenvalue weighted by atomic mass is 10.1. The monoisotopic (exact) mass is 219 g/mol. The SMILES string of the molecule is CC(C)CN1CCC(N)C1c1ccccn1. The summed E-state index contributed by atoms with van der Waals surface area (Å²) in [6, 6.07) is 6.62. The average molecular weight is 219 g/mol. The maximum Gasteiger partial charge on any atom is 0.0674 e. The Balaban J connectivity index is 2.16. The molecule has 3 heteroatoms. The Morgan fingerprint density at radius 3 is 2.94 bits per heavy atom. The van der Waals surface area contributed by atoms with Gasteiger partial charge >= 0.3 is 0 Å². The van der Waals surface area contributed by atoms with Crippen LogP contribution in [0.25, 0.3) is 0 Å². The summed E-state index contributed by atoms with van der Waals surface area (Å²) >= 11 is 0. The fraction of sp³-hybridized carbons (Fsp3) is 0.615. The van der Waals surface area contributed by atoms with Crippen molar-refractivity contribution in [1.82, 2.24) is 9.88 Å². The summed E-state index contributed by atoms with van der Waals surface area (Å²) in [6.07, 6.45) is 2.93. The maximum atomic E-state index is 6.20. The minimum atomic E-state index is 0.230. The topological polar surface area (TPSA) is 42.1 Å². The predicted molar refractivity (Wildman–Crippen MR) is 66.0 cm³/mol. The van der Waals surface area contributed by atoms with Crippen LogP contribution in [0.1, 0.15) is 32.0 Å². The van der Waals surface area contributed by atoms with Gasteiger partial charge in [-0.2, -0.15) is 0 Å². The molecule has 1 aromatic rings. The quantitative estimate of drug-likeness (QED) is 0.843. The molecule has 1 aliphatic heterocycles. The van der Waals surface area contributed by atoms with Crippen LogP contribution in [0.2, 0.25) is 0 Å². The van der Waals surface area contributed by atoms with Gasteiger partial charge in [-0.1, -0.05) is 19.9 Å². The minimum Gasteiger partial charge on any atom is -0.326 e. The minimum absolute atomic E-state index is 0.230. The highest BCUT2D eigenvalue weighted by Crippen LogP contribution is 2.30. The van der Waals surface area contributed by atoms with Gasteiger partial charge in [-0.15, -0.1) is 0 Å². The van der Waals surface area contributed by atoms with E-state index >= 15 is 0 Å². The molecule has 0 bridgehead atoms. The highest BCUT2D eigenvalue weighted by atomic mass is 15.2. The molecule has 0 aliphatic carbocycles. The summed E-state index contributed by atoms with van der Waals surface area (Å²) in [5.41, 5.74) is 7.31. The molecule has 2 unspecified atom stereocenters. The van der Waals surface area contributed by atoms with Crippen molar-refractivity contribution in [3.63, 3.8) is 0 Å². The molecule has 16 heavy (non-hydrogen) atoms. The van der Waals surface area contributed by atoms with Gasteiger partial charge in [0.15, 0.2) is 0 Å². The summed E-state index contributed by atoms with van der Waals surface area (Å²) < 4.78 is 0. The molecule has 1 saturated heterocycles. The van der Waals surface area contributed by atoms with Crippen LogP contribution in [-0.2, 0) is 0 Å². The summed E-state index contributed by atoms with van der Waals surface area (Å²) in [5, 5.41) is 0. The summed E-state index contributed by atoms with van der Waals surface area (Å²) in [4.78, 5) is 6.92. The number of pyridine rings is 1.